The average molecular weight is 289 g/mol. The smallest absolute Gasteiger partial charge is 0.335 e. The van der Waals surface area contributed by atoms with E-state index in [0.717, 1.165) is 40.7 Å². The molecule has 0 saturated carbocycles. The summed E-state index contributed by atoms with van der Waals surface area (Å²) in [6.45, 7) is 9.36. The number of carboxylic acids is 1. The Bertz CT molecular complexity index is 841. The number of nitrogens with zero attached hydrogens (tertiary/aromatic N) is 1. The number of fused-ring (bicyclic) bond motifs is 1. The molecule has 0 spiro atoms. The predicted molar refractivity (Wildman–Crippen MR) is 86.2 cm³/mol. The maximum absolute atomic E-state index is 11.2. The Morgan fingerprint density at radius 3 is 2.73 bits per heavy atom. The lowest BCUT2D eigenvalue weighted by Gasteiger charge is -2.20. The van der Waals surface area contributed by atoms with Gasteiger partial charge in [-0.1, -0.05) is 35.9 Å². The first-order valence-electron chi connectivity index (χ1n) is 7.15. The molecule has 0 saturated heterocycles. The van der Waals surface area contributed by atoms with Crippen LogP contribution in [0.4, 0.5) is 5.69 Å². The first-order valence-corrected chi connectivity index (χ1v) is 7.15. The van der Waals surface area contributed by atoms with E-state index in [1.165, 1.54) is 0 Å². The number of aryl methyl sites for hydroxylation is 2. The summed E-state index contributed by atoms with van der Waals surface area (Å²) < 4.78 is 0. The van der Waals surface area contributed by atoms with Crippen LogP contribution in [0.25, 0.3) is 10.4 Å². The van der Waals surface area contributed by atoms with Gasteiger partial charge in [-0.3, -0.25) is 0 Å². The zero-order valence-electron chi connectivity index (χ0n) is 12.3. The molecule has 2 aromatic carbocycles. The average Bonchev–Trinajstić information content (AvgIpc) is 2.53. The van der Waals surface area contributed by atoms with Gasteiger partial charge in [0.25, 0.3) is 0 Å². The SMILES string of the molecule is [C-]#[N+]c1cc(C)ccc1C1=CCCc2ccc(C(=O)O)cc21. The Balaban J connectivity index is 2.19. The number of hydrogen-bond acceptors (Lipinski definition) is 1. The predicted octanol–water partition coefficient (Wildman–Crippen LogP) is 4.62. The van der Waals surface area contributed by atoms with Gasteiger partial charge in [-0.2, -0.15) is 0 Å². The molecule has 22 heavy (non-hydrogen) atoms. The fourth-order valence-corrected chi connectivity index (χ4v) is 2.88. The van der Waals surface area contributed by atoms with Crippen molar-refractivity contribution >= 4 is 17.2 Å². The minimum absolute atomic E-state index is 0.281. The molecule has 0 heterocycles. The van der Waals surface area contributed by atoms with Gasteiger partial charge in [-0.25, -0.2) is 9.64 Å². The maximum Gasteiger partial charge on any atom is 0.335 e. The summed E-state index contributed by atoms with van der Waals surface area (Å²) in [6, 6.07) is 11.1. The molecule has 0 amide bonds. The highest BCUT2D eigenvalue weighted by molar-refractivity contribution is 5.93. The fourth-order valence-electron chi connectivity index (χ4n) is 2.88. The second-order valence-corrected chi connectivity index (χ2v) is 5.47. The number of carbonyl (C=O) groups is 1. The van der Waals surface area contributed by atoms with Crippen LogP contribution in [0.1, 0.15) is 39.0 Å². The highest BCUT2D eigenvalue weighted by atomic mass is 16.4. The molecular formula is C19H15NO2. The second kappa shape index (κ2) is 5.50. The first kappa shape index (κ1) is 14.1. The van der Waals surface area contributed by atoms with E-state index in [4.69, 9.17) is 6.57 Å². The van der Waals surface area contributed by atoms with E-state index in [-0.39, 0.29) is 5.56 Å². The third-order valence-corrected chi connectivity index (χ3v) is 3.97. The number of hydrogen-bond donors (Lipinski definition) is 1. The molecule has 3 heteroatoms. The Morgan fingerprint density at radius 2 is 2.00 bits per heavy atom. The standard InChI is InChI=1S/C19H15NO2/c1-12-6-9-16(18(10-12)20-2)15-5-3-4-13-7-8-14(19(21)22)11-17(13)15/h5-11H,3-4H2,1H3,(H,21,22). The van der Waals surface area contributed by atoms with Gasteiger partial charge in [0.1, 0.15) is 0 Å². The van der Waals surface area contributed by atoms with Crippen LogP contribution in [0.2, 0.25) is 0 Å². The van der Waals surface area contributed by atoms with Crippen LogP contribution >= 0.6 is 0 Å². The zero-order chi connectivity index (χ0) is 15.7. The molecule has 108 valence electrons. The van der Waals surface area contributed by atoms with E-state index < -0.39 is 5.97 Å². The summed E-state index contributed by atoms with van der Waals surface area (Å²) in [6.07, 6.45) is 3.91. The number of rotatable bonds is 2. The third-order valence-electron chi connectivity index (χ3n) is 3.97. The summed E-state index contributed by atoms with van der Waals surface area (Å²) in [5.41, 5.74) is 5.85. The second-order valence-electron chi connectivity index (χ2n) is 5.47. The van der Waals surface area contributed by atoms with E-state index in [0.29, 0.717) is 5.69 Å². The summed E-state index contributed by atoms with van der Waals surface area (Å²) in [5.74, 6) is -0.929. The molecule has 0 aromatic heterocycles. The van der Waals surface area contributed by atoms with Gasteiger partial charge in [0.05, 0.1) is 12.1 Å². The van der Waals surface area contributed by atoms with E-state index >= 15 is 0 Å². The Kier molecular flexibility index (Phi) is 3.52. The number of aromatic carboxylic acids is 1. The summed E-state index contributed by atoms with van der Waals surface area (Å²) >= 11 is 0. The summed E-state index contributed by atoms with van der Waals surface area (Å²) in [4.78, 5) is 14.9. The lowest BCUT2D eigenvalue weighted by atomic mass is 9.85. The molecule has 1 aliphatic carbocycles. The van der Waals surface area contributed by atoms with E-state index in [9.17, 15) is 9.90 Å². The zero-order valence-corrected chi connectivity index (χ0v) is 12.3. The Labute approximate surface area is 129 Å². The van der Waals surface area contributed by atoms with Gasteiger partial charge in [0, 0.05) is 0 Å². The highest BCUT2D eigenvalue weighted by Gasteiger charge is 2.18. The molecule has 0 radical (unpaired) electrons. The van der Waals surface area contributed by atoms with Gasteiger partial charge < -0.3 is 5.11 Å². The van der Waals surface area contributed by atoms with Crippen LogP contribution in [0, 0.1) is 13.5 Å². The minimum Gasteiger partial charge on any atom is -0.478 e. The van der Waals surface area contributed by atoms with Gasteiger partial charge in [-0.15, -0.1) is 0 Å². The molecular weight excluding hydrogens is 274 g/mol. The van der Waals surface area contributed by atoms with Crippen molar-refractivity contribution in [3.05, 3.63) is 81.7 Å². The van der Waals surface area contributed by atoms with Gasteiger partial charge in [0.2, 0.25) is 0 Å². The van der Waals surface area contributed by atoms with Crippen LogP contribution < -0.4 is 0 Å². The fraction of sp³-hybridized carbons (Fsp3) is 0.158. The number of allylic oxidation sites excluding steroid dienone is 1. The molecule has 2 aromatic rings. The quantitative estimate of drug-likeness (QED) is 0.819. The van der Waals surface area contributed by atoms with E-state index in [1.807, 2.05) is 31.2 Å². The Hall–Kier alpha value is -2.86. The van der Waals surface area contributed by atoms with Crippen LogP contribution in [-0.2, 0) is 6.42 Å². The van der Waals surface area contributed by atoms with Crippen molar-refractivity contribution in [2.24, 2.45) is 0 Å². The van der Waals surface area contributed by atoms with Crippen LogP contribution in [0.15, 0.2) is 42.5 Å². The molecule has 0 bridgehead atoms. The van der Waals surface area contributed by atoms with Crippen LogP contribution in [0.3, 0.4) is 0 Å². The summed E-state index contributed by atoms with van der Waals surface area (Å²) in [7, 11) is 0. The molecule has 0 unspecified atom stereocenters. The van der Waals surface area contributed by atoms with Gasteiger partial charge >= 0.3 is 5.97 Å². The van der Waals surface area contributed by atoms with Gasteiger partial charge in [-0.05, 0) is 54.2 Å². The molecule has 0 atom stereocenters. The lowest BCUT2D eigenvalue weighted by molar-refractivity contribution is 0.0697. The van der Waals surface area contributed by atoms with Gasteiger partial charge in [0.15, 0.2) is 5.69 Å². The van der Waals surface area contributed by atoms with Crippen molar-refractivity contribution in [1.29, 1.82) is 0 Å². The molecule has 0 aliphatic heterocycles. The highest BCUT2D eigenvalue weighted by Crippen LogP contribution is 2.37. The third kappa shape index (κ3) is 2.40. The van der Waals surface area contributed by atoms with Crippen molar-refractivity contribution in [2.75, 3.05) is 0 Å². The van der Waals surface area contributed by atoms with Crippen LogP contribution in [-0.4, -0.2) is 11.1 Å². The maximum atomic E-state index is 11.2. The minimum atomic E-state index is -0.929. The van der Waals surface area contributed by atoms with Crippen molar-refractivity contribution in [1.82, 2.24) is 0 Å². The topological polar surface area (TPSA) is 41.7 Å². The van der Waals surface area contributed by atoms with Crippen molar-refractivity contribution in [3.63, 3.8) is 0 Å². The summed E-state index contributed by atoms with van der Waals surface area (Å²) in [5, 5.41) is 9.21. The Morgan fingerprint density at radius 1 is 1.18 bits per heavy atom. The van der Waals surface area contributed by atoms with Crippen molar-refractivity contribution in [3.8, 4) is 0 Å². The molecule has 0 fully saturated rings. The normalized spacial score (nSPS) is 13.0. The van der Waals surface area contributed by atoms with E-state index in [1.54, 1.807) is 12.1 Å². The lowest BCUT2D eigenvalue weighted by Crippen LogP contribution is -2.05. The van der Waals surface area contributed by atoms with Crippen molar-refractivity contribution in [2.45, 2.75) is 19.8 Å². The number of benzene rings is 2. The monoisotopic (exact) mass is 289 g/mol. The largest absolute Gasteiger partial charge is 0.478 e. The van der Waals surface area contributed by atoms with Crippen molar-refractivity contribution < 1.29 is 9.90 Å². The molecule has 3 rings (SSSR count). The first-order chi connectivity index (χ1) is 10.6. The molecule has 3 nitrogen and oxygen atoms in total. The number of carboxylic acid groups (broad SMARTS) is 1. The molecule has 1 N–H and O–H groups in total. The van der Waals surface area contributed by atoms with Crippen LogP contribution in [0.5, 0.6) is 0 Å². The molecule has 1 aliphatic rings. The van der Waals surface area contributed by atoms with E-state index in [2.05, 4.69) is 10.9 Å².